The highest BCUT2D eigenvalue weighted by molar-refractivity contribution is 9.10. The van der Waals surface area contributed by atoms with Crippen LogP contribution in [-0.4, -0.2) is 17.3 Å². The van der Waals surface area contributed by atoms with Crippen LogP contribution in [0.5, 0.6) is 0 Å². The average Bonchev–Trinajstić information content (AvgIpc) is 2.57. The second-order valence-electron chi connectivity index (χ2n) is 5.48. The summed E-state index contributed by atoms with van der Waals surface area (Å²) in [7, 11) is 0. The fourth-order valence-corrected chi connectivity index (χ4v) is 3.40. The molecule has 4 heteroatoms. The molecule has 0 unspecified atom stereocenters. The Morgan fingerprint density at radius 3 is 2.53 bits per heavy atom. The van der Waals surface area contributed by atoms with E-state index in [0.29, 0.717) is 13.1 Å². The molecule has 2 nitrogen and oxygen atoms in total. The van der Waals surface area contributed by atoms with Crippen molar-refractivity contribution in [2.24, 2.45) is 0 Å². The first kappa shape index (κ1) is 15.3. The minimum Gasteiger partial charge on any atom is -0.389 e. The third kappa shape index (κ3) is 4.75. The molecule has 0 aromatic heterocycles. The lowest BCUT2D eigenvalue weighted by atomic mass is 9.94. The normalized spacial score (nSPS) is 19.1. The van der Waals surface area contributed by atoms with Crippen molar-refractivity contribution >= 4 is 27.5 Å². The smallest absolute Gasteiger partial charge is 0.0771 e. The molecule has 106 valence electrons. The fourth-order valence-electron chi connectivity index (χ4n) is 2.66. The Hall–Kier alpha value is -0.0900. The van der Waals surface area contributed by atoms with E-state index in [4.69, 9.17) is 11.6 Å². The summed E-state index contributed by atoms with van der Waals surface area (Å²) in [5.74, 6) is 0. The van der Waals surface area contributed by atoms with Gasteiger partial charge in [0.25, 0.3) is 0 Å². The Kier molecular flexibility index (Phi) is 5.70. The largest absolute Gasteiger partial charge is 0.389 e. The van der Waals surface area contributed by atoms with Crippen molar-refractivity contribution in [2.75, 3.05) is 6.54 Å². The van der Waals surface area contributed by atoms with Gasteiger partial charge < -0.3 is 10.4 Å². The Balaban J connectivity index is 1.85. The number of rotatable bonds is 4. The van der Waals surface area contributed by atoms with E-state index in [-0.39, 0.29) is 0 Å². The van der Waals surface area contributed by atoms with Gasteiger partial charge in [-0.1, -0.05) is 59.3 Å². The molecule has 1 aliphatic rings. The van der Waals surface area contributed by atoms with Crippen LogP contribution in [-0.2, 0) is 6.54 Å². The topological polar surface area (TPSA) is 32.3 Å². The van der Waals surface area contributed by atoms with Gasteiger partial charge in [-0.3, -0.25) is 0 Å². The first-order valence-electron chi connectivity index (χ1n) is 6.96. The van der Waals surface area contributed by atoms with E-state index in [1.165, 1.54) is 12.8 Å². The van der Waals surface area contributed by atoms with Crippen LogP contribution in [0.4, 0.5) is 0 Å². The zero-order chi connectivity index (χ0) is 13.7. The molecule has 0 atom stereocenters. The van der Waals surface area contributed by atoms with Gasteiger partial charge in [0.15, 0.2) is 0 Å². The molecule has 2 rings (SSSR count). The molecular weight excluding hydrogens is 326 g/mol. The number of hydrogen-bond donors (Lipinski definition) is 2. The van der Waals surface area contributed by atoms with Gasteiger partial charge in [-0.2, -0.15) is 0 Å². The Bertz CT molecular complexity index is 417. The maximum Gasteiger partial charge on any atom is 0.0771 e. The second-order valence-corrected chi connectivity index (χ2v) is 6.80. The van der Waals surface area contributed by atoms with E-state index < -0.39 is 5.60 Å². The molecule has 1 aromatic carbocycles. The molecule has 0 heterocycles. The van der Waals surface area contributed by atoms with Crippen molar-refractivity contribution in [2.45, 2.75) is 50.7 Å². The quantitative estimate of drug-likeness (QED) is 0.798. The van der Waals surface area contributed by atoms with E-state index >= 15 is 0 Å². The second kappa shape index (κ2) is 7.07. The van der Waals surface area contributed by atoms with Crippen LogP contribution >= 0.6 is 27.5 Å². The van der Waals surface area contributed by atoms with Crippen LogP contribution in [0.1, 0.15) is 44.1 Å². The highest BCUT2D eigenvalue weighted by Gasteiger charge is 2.27. The standard InChI is InChI=1S/C15H21BrClNO/c16-13-6-5-12(14(17)9-13)10-18-11-15(19)7-3-1-2-4-8-15/h5-6,9,18-19H,1-4,7-8,10-11H2. The summed E-state index contributed by atoms with van der Waals surface area (Å²) in [5.41, 5.74) is 0.542. The zero-order valence-electron chi connectivity index (χ0n) is 11.1. The number of halogens is 2. The summed E-state index contributed by atoms with van der Waals surface area (Å²) in [5, 5.41) is 14.6. The van der Waals surface area contributed by atoms with E-state index in [2.05, 4.69) is 21.2 Å². The van der Waals surface area contributed by atoms with E-state index in [9.17, 15) is 5.11 Å². The maximum atomic E-state index is 10.5. The lowest BCUT2D eigenvalue weighted by Crippen LogP contribution is -2.39. The zero-order valence-corrected chi connectivity index (χ0v) is 13.4. The van der Waals surface area contributed by atoms with Crippen LogP contribution in [0.15, 0.2) is 22.7 Å². The van der Waals surface area contributed by atoms with E-state index in [1.807, 2.05) is 18.2 Å². The van der Waals surface area contributed by atoms with Gasteiger partial charge >= 0.3 is 0 Å². The molecular formula is C15H21BrClNO. The molecule has 1 aromatic rings. The lowest BCUT2D eigenvalue weighted by Gasteiger charge is -2.27. The Labute approximate surface area is 128 Å². The molecule has 0 spiro atoms. The van der Waals surface area contributed by atoms with Crippen molar-refractivity contribution in [1.82, 2.24) is 5.32 Å². The molecule has 0 amide bonds. The van der Waals surface area contributed by atoms with Crippen LogP contribution in [0.2, 0.25) is 5.02 Å². The van der Waals surface area contributed by atoms with Crippen LogP contribution < -0.4 is 5.32 Å². The van der Waals surface area contributed by atoms with Gasteiger partial charge in [0, 0.05) is 22.6 Å². The summed E-state index contributed by atoms with van der Waals surface area (Å²) >= 11 is 9.58. The number of hydrogen-bond acceptors (Lipinski definition) is 2. The van der Waals surface area contributed by atoms with E-state index in [1.54, 1.807) is 0 Å². The molecule has 2 N–H and O–H groups in total. The summed E-state index contributed by atoms with van der Waals surface area (Å²) in [6, 6.07) is 5.90. The number of aliphatic hydroxyl groups is 1. The maximum absolute atomic E-state index is 10.5. The third-order valence-corrected chi connectivity index (χ3v) is 4.66. The highest BCUT2D eigenvalue weighted by Crippen LogP contribution is 2.27. The monoisotopic (exact) mass is 345 g/mol. The number of benzene rings is 1. The van der Waals surface area contributed by atoms with E-state index in [0.717, 1.165) is 40.7 Å². The first-order chi connectivity index (χ1) is 9.09. The molecule has 1 saturated carbocycles. The van der Waals surface area contributed by atoms with Gasteiger partial charge in [-0.15, -0.1) is 0 Å². The van der Waals surface area contributed by atoms with Gasteiger partial charge in [0.2, 0.25) is 0 Å². The van der Waals surface area contributed by atoms with Gasteiger partial charge in [-0.05, 0) is 30.5 Å². The van der Waals surface area contributed by atoms with Crippen molar-refractivity contribution in [1.29, 1.82) is 0 Å². The van der Waals surface area contributed by atoms with Crippen LogP contribution in [0.3, 0.4) is 0 Å². The van der Waals surface area contributed by atoms with Crippen molar-refractivity contribution < 1.29 is 5.11 Å². The molecule has 0 aliphatic heterocycles. The first-order valence-corrected chi connectivity index (χ1v) is 8.13. The molecule has 19 heavy (non-hydrogen) atoms. The fraction of sp³-hybridized carbons (Fsp3) is 0.600. The summed E-state index contributed by atoms with van der Waals surface area (Å²) < 4.78 is 0.989. The Morgan fingerprint density at radius 2 is 1.89 bits per heavy atom. The third-order valence-electron chi connectivity index (χ3n) is 3.82. The van der Waals surface area contributed by atoms with Crippen molar-refractivity contribution in [3.05, 3.63) is 33.3 Å². The van der Waals surface area contributed by atoms with Crippen molar-refractivity contribution in [3.8, 4) is 0 Å². The molecule has 1 fully saturated rings. The SMILES string of the molecule is OC1(CNCc2ccc(Br)cc2Cl)CCCCCC1. The summed E-state index contributed by atoms with van der Waals surface area (Å²) in [6.07, 6.45) is 6.60. The molecule has 0 radical (unpaired) electrons. The Morgan fingerprint density at radius 1 is 1.21 bits per heavy atom. The molecule has 1 aliphatic carbocycles. The lowest BCUT2D eigenvalue weighted by molar-refractivity contribution is 0.0250. The van der Waals surface area contributed by atoms with Crippen LogP contribution in [0, 0.1) is 0 Å². The minimum absolute atomic E-state index is 0.529. The average molecular weight is 347 g/mol. The minimum atomic E-state index is -0.529. The summed E-state index contributed by atoms with van der Waals surface area (Å²) in [4.78, 5) is 0. The number of nitrogens with one attached hydrogen (secondary N) is 1. The van der Waals surface area contributed by atoms with Crippen molar-refractivity contribution in [3.63, 3.8) is 0 Å². The van der Waals surface area contributed by atoms with Crippen LogP contribution in [0.25, 0.3) is 0 Å². The highest BCUT2D eigenvalue weighted by atomic mass is 79.9. The predicted molar refractivity (Wildman–Crippen MR) is 83.5 cm³/mol. The molecule has 0 bridgehead atoms. The van der Waals surface area contributed by atoms with Gasteiger partial charge in [0.05, 0.1) is 5.60 Å². The van der Waals surface area contributed by atoms with Gasteiger partial charge in [0.1, 0.15) is 0 Å². The predicted octanol–water partition coefficient (Wildman–Crippen LogP) is 4.28. The molecule has 0 saturated heterocycles. The van der Waals surface area contributed by atoms with Gasteiger partial charge in [-0.25, -0.2) is 0 Å². The summed E-state index contributed by atoms with van der Waals surface area (Å²) in [6.45, 7) is 1.35.